The van der Waals surface area contributed by atoms with E-state index in [0.29, 0.717) is 21.9 Å². The second-order valence-corrected chi connectivity index (χ2v) is 7.18. The van der Waals surface area contributed by atoms with E-state index < -0.39 is 11.5 Å². The molecule has 1 aliphatic carbocycles. The van der Waals surface area contributed by atoms with Crippen LogP contribution < -0.4 is 5.56 Å². The SMILES string of the molecule is CSc1c(C#N)c(=O)n2ccccc2c1C(=O)OC1CCCCC1C. The lowest BCUT2D eigenvalue weighted by Gasteiger charge is -2.28. The monoisotopic (exact) mass is 356 g/mol. The van der Waals surface area contributed by atoms with E-state index >= 15 is 0 Å². The Hall–Kier alpha value is -2.26. The van der Waals surface area contributed by atoms with Gasteiger partial charge in [-0.25, -0.2) is 4.79 Å². The lowest BCUT2D eigenvalue weighted by Crippen LogP contribution is -2.30. The normalized spacial score (nSPS) is 20.2. The van der Waals surface area contributed by atoms with Gasteiger partial charge in [-0.3, -0.25) is 9.20 Å². The Labute approximate surface area is 150 Å². The number of esters is 1. The molecule has 2 aromatic rings. The van der Waals surface area contributed by atoms with Crippen molar-refractivity contribution < 1.29 is 9.53 Å². The smallest absolute Gasteiger partial charge is 0.341 e. The molecular weight excluding hydrogens is 336 g/mol. The molecule has 0 bridgehead atoms. The Bertz CT molecular complexity index is 913. The van der Waals surface area contributed by atoms with E-state index in [4.69, 9.17) is 4.74 Å². The third-order valence-corrected chi connectivity index (χ3v) is 5.63. The Morgan fingerprint density at radius 1 is 1.36 bits per heavy atom. The van der Waals surface area contributed by atoms with E-state index in [1.165, 1.54) is 16.2 Å². The third kappa shape index (κ3) is 3.16. The number of aromatic nitrogens is 1. The van der Waals surface area contributed by atoms with Gasteiger partial charge in [0.2, 0.25) is 0 Å². The Balaban J connectivity index is 2.14. The highest BCUT2D eigenvalue weighted by Crippen LogP contribution is 2.31. The van der Waals surface area contributed by atoms with Crippen molar-refractivity contribution in [2.24, 2.45) is 5.92 Å². The summed E-state index contributed by atoms with van der Waals surface area (Å²) in [6.07, 6.45) is 7.34. The van der Waals surface area contributed by atoms with Crippen molar-refractivity contribution in [1.29, 1.82) is 5.26 Å². The van der Waals surface area contributed by atoms with Gasteiger partial charge in [0.15, 0.2) is 0 Å². The van der Waals surface area contributed by atoms with Gasteiger partial charge >= 0.3 is 5.97 Å². The van der Waals surface area contributed by atoms with Crippen molar-refractivity contribution >= 4 is 23.2 Å². The van der Waals surface area contributed by atoms with Gasteiger partial charge in [0.1, 0.15) is 17.7 Å². The fourth-order valence-electron chi connectivity index (χ4n) is 3.44. The molecule has 2 unspecified atom stereocenters. The van der Waals surface area contributed by atoms with Crippen LogP contribution in [0.15, 0.2) is 34.1 Å². The van der Waals surface area contributed by atoms with Gasteiger partial charge < -0.3 is 4.74 Å². The van der Waals surface area contributed by atoms with Crippen LogP contribution in [-0.2, 0) is 4.74 Å². The molecule has 0 radical (unpaired) electrons. The number of ether oxygens (including phenoxy) is 1. The number of hydrogen-bond acceptors (Lipinski definition) is 5. The summed E-state index contributed by atoms with van der Waals surface area (Å²) >= 11 is 1.23. The van der Waals surface area contributed by atoms with Crippen molar-refractivity contribution in [3.8, 4) is 6.07 Å². The topological polar surface area (TPSA) is 71.6 Å². The number of fused-ring (bicyclic) bond motifs is 1. The highest BCUT2D eigenvalue weighted by Gasteiger charge is 2.29. The van der Waals surface area contributed by atoms with Gasteiger partial charge in [-0.2, -0.15) is 5.26 Å². The number of nitriles is 1. The molecule has 2 heterocycles. The van der Waals surface area contributed by atoms with E-state index in [-0.39, 0.29) is 11.7 Å². The molecule has 1 aliphatic rings. The molecule has 0 spiro atoms. The first kappa shape index (κ1) is 17.6. The van der Waals surface area contributed by atoms with Crippen LogP contribution in [0.4, 0.5) is 0 Å². The third-order valence-electron chi connectivity index (χ3n) is 4.81. The van der Waals surface area contributed by atoms with Crippen molar-refractivity contribution in [3.05, 3.63) is 45.9 Å². The number of hydrogen-bond donors (Lipinski definition) is 0. The molecular formula is C19H20N2O3S. The molecule has 0 aliphatic heterocycles. The summed E-state index contributed by atoms with van der Waals surface area (Å²) in [5.74, 6) is -0.133. The minimum absolute atomic E-state index is 0.0140. The first-order chi connectivity index (χ1) is 12.1. The highest BCUT2D eigenvalue weighted by molar-refractivity contribution is 7.98. The lowest BCUT2D eigenvalue weighted by atomic mass is 9.88. The van der Waals surface area contributed by atoms with Crippen LogP contribution in [0.3, 0.4) is 0 Å². The zero-order valence-corrected chi connectivity index (χ0v) is 15.1. The highest BCUT2D eigenvalue weighted by atomic mass is 32.2. The minimum atomic E-state index is -0.455. The summed E-state index contributed by atoms with van der Waals surface area (Å²) in [6.45, 7) is 2.10. The average Bonchev–Trinajstić information content (AvgIpc) is 2.63. The lowest BCUT2D eigenvalue weighted by molar-refractivity contribution is 0.00461. The van der Waals surface area contributed by atoms with E-state index in [9.17, 15) is 14.9 Å². The Morgan fingerprint density at radius 2 is 2.12 bits per heavy atom. The summed E-state index contributed by atoms with van der Waals surface area (Å²) < 4.78 is 7.15. The van der Waals surface area contributed by atoms with Gasteiger partial charge in [-0.05, 0) is 43.6 Å². The van der Waals surface area contributed by atoms with Gasteiger partial charge in [0.25, 0.3) is 5.56 Å². The van der Waals surface area contributed by atoms with E-state index in [1.807, 2.05) is 6.07 Å². The fraction of sp³-hybridized carbons (Fsp3) is 0.421. The largest absolute Gasteiger partial charge is 0.458 e. The van der Waals surface area contributed by atoms with E-state index in [0.717, 1.165) is 25.7 Å². The molecule has 0 aromatic carbocycles. The molecule has 0 saturated heterocycles. The summed E-state index contributed by atoms with van der Waals surface area (Å²) in [5, 5.41) is 9.43. The van der Waals surface area contributed by atoms with Crippen LogP contribution >= 0.6 is 11.8 Å². The quantitative estimate of drug-likeness (QED) is 0.620. The number of thioether (sulfide) groups is 1. The molecule has 2 atom stereocenters. The van der Waals surface area contributed by atoms with Gasteiger partial charge in [-0.15, -0.1) is 11.8 Å². The van der Waals surface area contributed by atoms with Crippen LogP contribution in [0.1, 0.15) is 48.5 Å². The maximum absolute atomic E-state index is 13.0. The predicted molar refractivity (Wildman–Crippen MR) is 97.0 cm³/mol. The first-order valence-corrected chi connectivity index (χ1v) is 9.63. The van der Waals surface area contributed by atoms with Crippen molar-refractivity contribution in [3.63, 3.8) is 0 Å². The number of pyridine rings is 2. The van der Waals surface area contributed by atoms with Crippen LogP contribution in [0.2, 0.25) is 0 Å². The maximum atomic E-state index is 13.0. The van der Waals surface area contributed by atoms with Gasteiger partial charge in [-0.1, -0.05) is 19.4 Å². The van der Waals surface area contributed by atoms with Crippen molar-refractivity contribution in [1.82, 2.24) is 4.40 Å². The molecule has 2 aromatic heterocycles. The molecule has 0 N–H and O–H groups in total. The predicted octanol–water partition coefficient (Wildman–Crippen LogP) is 3.63. The molecule has 130 valence electrons. The zero-order chi connectivity index (χ0) is 18.0. The zero-order valence-electron chi connectivity index (χ0n) is 14.3. The van der Waals surface area contributed by atoms with Gasteiger partial charge in [0.05, 0.1) is 11.1 Å². The Kier molecular flexibility index (Phi) is 5.14. The molecule has 1 saturated carbocycles. The van der Waals surface area contributed by atoms with Crippen LogP contribution in [0.5, 0.6) is 0 Å². The van der Waals surface area contributed by atoms with Crippen molar-refractivity contribution in [2.75, 3.05) is 6.26 Å². The fourth-order valence-corrected chi connectivity index (χ4v) is 4.17. The second kappa shape index (κ2) is 7.32. The minimum Gasteiger partial charge on any atom is -0.458 e. The van der Waals surface area contributed by atoms with Crippen molar-refractivity contribution in [2.45, 2.75) is 43.6 Å². The maximum Gasteiger partial charge on any atom is 0.341 e. The molecule has 3 rings (SSSR count). The number of carbonyl (C=O) groups is 1. The molecule has 25 heavy (non-hydrogen) atoms. The molecule has 1 fully saturated rings. The van der Waals surface area contributed by atoms with Crippen LogP contribution in [0, 0.1) is 17.2 Å². The average molecular weight is 356 g/mol. The number of rotatable bonds is 3. The molecule has 0 amide bonds. The van der Waals surface area contributed by atoms with E-state index in [2.05, 4.69) is 6.92 Å². The molecule has 5 nitrogen and oxygen atoms in total. The summed E-state index contributed by atoms with van der Waals surface area (Å²) in [4.78, 5) is 25.9. The van der Waals surface area contributed by atoms with Crippen LogP contribution in [0.25, 0.3) is 5.52 Å². The Morgan fingerprint density at radius 3 is 2.80 bits per heavy atom. The van der Waals surface area contributed by atoms with E-state index in [1.54, 1.807) is 30.7 Å². The second-order valence-electron chi connectivity index (χ2n) is 6.36. The summed E-state index contributed by atoms with van der Waals surface area (Å²) in [6, 6.07) is 7.13. The summed E-state index contributed by atoms with van der Waals surface area (Å²) in [5.41, 5.74) is 0.358. The van der Waals surface area contributed by atoms with Gasteiger partial charge in [0, 0.05) is 11.1 Å². The first-order valence-electron chi connectivity index (χ1n) is 8.41. The molecule has 6 heteroatoms. The van der Waals surface area contributed by atoms with Crippen LogP contribution in [-0.4, -0.2) is 22.7 Å². The summed E-state index contributed by atoms with van der Waals surface area (Å²) in [7, 11) is 0. The number of carbonyl (C=O) groups excluding carboxylic acids is 1. The standard InChI is InChI=1S/C19H20N2O3S/c1-12-7-3-4-9-15(12)24-19(23)16-14-8-5-6-10-21(14)18(22)13(11-20)17(16)25-2/h5-6,8,10,12,15H,3-4,7,9H2,1-2H3. The number of nitrogens with zero attached hydrogens (tertiary/aromatic N) is 2.